The molecular weight excluding hydrogens is 289 g/mol. The fourth-order valence-corrected chi connectivity index (χ4v) is 1.58. The quantitative estimate of drug-likeness (QED) is 0.533. The second-order valence-electron chi connectivity index (χ2n) is 4.57. The molecule has 1 amide bonds. The zero-order valence-corrected chi connectivity index (χ0v) is 12.9. The Morgan fingerprint density at radius 3 is 2.82 bits per heavy atom. The Kier molecular flexibility index (Phi) is 8.17. The monoisotopic (exact) mass is 311 g/mol. The highest BCUT2D eigenvalue weighted by Gasteiger charge is 2.14. The van der Waals surface area contributed by atoms with Crippen molar-refractivity contribution in [3.8, 4) is 5.75 Å². The van der Waals surface area contributed by atoms with E-state index < -0.39 is 11.9 Å². The van der Waals surface area contributed by atoms with Crippen LogP contribution in [0.4, 0.5) is 10.1 Å². The van der Waals surface area contributed by atoms with E-state index in [9.17, 15) is 9.18 Å². The molecule has 1 unspecified atom stereocenters. The number of anilines is 1. The summed E-state index contributed by atoms with van der Waals surface area (Å²) in [5, 5.41) is 2.59. The standard InChI is InChI=1S/C16H22FNO4/c1-4-5-8-21-12(2)16(19)18-13-6-7-15(14(17)11-13)22-10-9-20-3/h4,6-7,11-12H,1,5,8-10H2,2-3H3,(H,18,19). The molecule has 1 atom stereocenters. The largest absolute Gasteiger partial charge is 0.488 e. The lowest BCUT2D eigenvalue weighted by Crippen LogP contribution is -2.28. The van der Waals surface area contributed by atoms with Crippen molar-refractivity contribution in [2.45, 2.75) is 19.4 Å². The van der Waals surface area contributed by atoms with Gasteiger partial charge in [-0.3, -0.25) is 4.79 Å². The highest BCUT2D eigenvalue weighted by Crippen LogP contribution is 2.21. The van der Waals surface area contributed by atoms with E-state index in [2.05, 4.69) is 11.9 Å². The fraction of sp³-hybridized carbons (Fsp3) is 0.438. The highest BCUT2D eigenvalue weighted by molar-refractivity contribution is 5.93. The highest BCUT2D eigenvalue weighted by atomic mass is 19.1. The molecule has 0 fully saturated rings. The fourth-order valence-electron chi connectivity index (χ4n) is 1.58. The first-order valence-corrected chi connectivity index (χ1v) is 7.03. The minimum Gasteiger partial charge on any atom is -0.488 e. The lowest BCUT2D eigenvalue weighted by atomic mass is 10.2. The summed E-state index contributed by atoms with van der Waals surface area (Å²) in [5.74, 6) is -0.768. The average molecular weight is 311 g/mol. The van der Waals surface area contributed by atoms with E-state index in [1.165, 1.54) is 19.2 Å². The zero-order chi connectivity index (χ0) is 16.4. The summed E-state index contributed by atoms with van der Waals surface area (Å²) in [6.07, 6.45) is 1.75. The van der Waals surface area contributed by atoms with E-state index in [-0.39, 0.29) is 18.3 Å². The summed E-state index contributed by atoms with van der Waals surface area (Å²) in [6, 6.07) is 4.24. The van der Waals surface area contributed by atoms with Crippen molar-refractivity contribution in [3.05, 3.63) is 36.7 Å². The van der Waals surface area contributed by atoms with Crippen LogP contribution in [0.5, 0.6) is 5.75 Å². The number of amides is 1. The van der Waals surface area contributed by atoms with Crippen LogP contribution in [0.2, 0.25) is 0 Å². The third kappa shape index (κ3) is 6.24. The van der Waals surface area contributed by atoms with Gasteiger partial charge in [-0.05, 0) is 25.5 Å². The van der Waals surface area contributed by atoms with Gasteiger partial charge in [0.15, 0.2) is 11.6 Å². The third-order valence-electron chi connectivity index (χ3n) is 2.80. The molecule has 1 aromatic carbocycles. The molecule has 0 aliphatic carbocycles. The minimum absolute atomic E-state index is 0.116. The van der Waals surface area contributed by atoms with Crippen LogP contribution in [0.15, 0.2) is 30.9 Å². The molecule has 0 spiro atoms. The van der Waals surface area contributed by atoms with Gasteiger partial charge in [-0.2, -0.15) is 0 Å². The molecule has 1 N–H and O–H groups in total. The van der Waals surface area contributed by atoms with Crippen molar-refractivity contribution in [1.82, 2.24) is 0 Å². The summed E-state index contributed by atoms with van der Waals surface area (Å²) >= 11 is 0. The summed E-state index contributed by atoms with van der Waals surface area (Å²) in [5.41, 5.74) is 0.348. The van der Waals surface area contributed by atoms with E-state index in [0.717, 1.165) is 0 Å². The maximum absolute atomic E-state index is 13.8. The Morgan fingerprint density at radius 1 is 1.41 bits per heavy atom. The maximum Gasteiger partial charge on any atom is 0.253 e. The number of ether oxygens (including phenoxy) is 3. The maximum atomic E-state index is 13.8. The molecule has 0 radical (unpaired) electrons. The summed E-state index contributed by atoms with van der Waals surface area (Å²) in [6.45, 7) is 6.25. The molecule has 0 saturated heterocycles. The molecule has 22 heavy (non-hydrogen) atoms. The van der Waals surface area contributed by atoms with Gasteiger partial charge >= 0.3 is 0 Å². The lowest BCUT2D eigenvalue weighted by molar-refractivity contribution is -0.126. The predicted molar refractivity (Wildman–Crippen MR) is 82.6 cm³/mol. The molecule has 0 aromatic heterocycles. The van der Waals surface area contributed by atoms with Gasteiger partial charge in [0.2, 0.25) is 0 Å². The number of halogens is 1. The number of nitrogens with one attached hydrogen (secondary N) is 1. The second kappa shape index (κ2) is 9.92. The SMILES string of the molecule is C=CCCOC(C)C(=O)Nc1ccc(OCCOC)c(F)c1. The smallest absolute Gasteiger partial charge is 0.253 e. The Bertz CT molecular complexity index is 493. The number of hydrogen-bond donors (Lipinski definition) is 1. The van der Waals surface area contributed by atoms with Crippen molar-refractivity contribution in [1.29, 1.82) is 0 Å². The van der Waals surface area contributed by atoms with Gasteiger partial charge in [0.05, 0.1) is 13.2 Å². The predicted octanol–water partition coefficient (Wildman–Crippen LogP) is 2.77. The minimum atomic E-state index is -0.624. The van der Waals surface area contributed by atoms with E-state index in [4.69, 9.17) is 14.2 Å². The van der Waals surface area contributed by atoms with Gasteiger partial charge in [-0.15, -0.1) is 6.58 Å². The van der Waals surface area contributed by atoms with Crippen molar-refractivity contribution in [3.63, 3.8) is 0 Å². The van der Waals surface area contributed by atoms with Gasteiger partial charge in [0.1, 0.15) is 12.7 Å². The molecule has 0 saturated carbocycles. The zero-order valence-electron chi connectivity index (χ0n) is 12.9. The van der Waals surface area contributed by atoms with E-state index in [0.29, 0.717) is 25.3 Å². The molecular formula is C16H22FNO4. The molecule has 6 heteroatoms. The van der Waals surface area contributed by atoms with E-state index in [1.54, 1.807) is 19.1 Å². The van der Waals surface area contributed by atoms with Crippen LogP contribution in [0, 0.1) is 5.82 Å². The number of hydrogen-bond acceptors (Lipinski definition) is 4. The Hall–Kier alpha value is -1.92. The summed E-state index contributed by atoms with van der Waals surface area (Å²) in [4.78, 5) is 11.9. The number of carbonyl (C=O) groups is 1. The van der Waals surface area contributed by atoms with Crippen molar-refractivity contribution in [2.75, 3.05) is 32.2 Å². The van der Waals surface area contributed by atoms with Crippen LogP contribution in [0.25, 0.3) is 0 Å². The van der Waals surface area contributed by atoms with Crippen LogP contribution in [-0.2, 0) is 14.3 Å². The van der Waals surface area contributed by atoms with Crippen molar-refractivity contribution >= 4 is 11.6 Å². The summed E-state index contributed by atoms with van der Waals surface area (Å²) < 4.78 is 29.2. The molecule has 0 bridgehead atoms. The lowest BCUT2D eigenvalue weighted by Gasteiger charge is -2.13. The Balaban J connectivity index is 2.53. The number of carbonyl (C=O) groups excluding carboxylic acids is 1. The Morgan fingerprint density at radius 2 is 2.18 bits per heavy atom. The number of rotatable bonds is 10. The molecule has 5 nitrogen and oxygen atoms in total. The topological polar surface area (TPSA) is 56.8 Å². The number of methoxy groups -OCH3 is 1. The van der Waals surface area contributed by atoms with Crippen LogP contribution < -0.4 is 10.1 Å². The van der Waals surface area contributed by atoms with Crippen LogP contribution in [0.1, 0.15) is 13.3 Å². The van der Waals surface area contributed by atoms with Gasteiger partial charge in [-0.25, -0.2) is 4.39 Å². The summed E-state index contributed by atoms with van der Waals surface area (Å²) in [7, 11) is 1.54. The van der Waals surface area contributed by atoms with Gasteiger partial charge in [0.25, 0.3) is 5.91 Å². The van der Waals surface area contributed by atoms with Crippen LogP contribution in [-0.4, -0.2) is 38.9 Å². The van der Waals surface area contributed by atoms with E-state index >= 15 is 0 Å². The van der Waals surface area contributed by atoms with E-state index in [1.807, 2.05) is 0 Å². The van der Waals surface area contributed by atoms with Gasteiger partial charge in [0, 0.05) is 18.9 Å². The molecule has 0 aliphatic rings. The van der Waals surface area contributed by atoms with Crippen LogP contribution in [0.3, 0.4) is 0 Å². The Labute approximate surface area is 130 Å². The molecule has 122 valence electrons. The van der Waals surface area contributed by atoms with Gasteiger partial charge < -0.3 is 19.5 Å². The molecule has 1 aromatic rings. The second-order valence-corrected chi connectivity index (χ2v) is 4.57. The molecule has 1 rings (SSSR count). The number of benzene rings is 1. The van der Waals surface area contributed by atoms with Crippen molar-refractivity contribution in [2.24, 2.45) is 0 Å². The molecule has 0 heterocycles. The average Bonchev–Trinajstić information content (AvgIpc) is 2.49. The third-order valence-corrected chi connectivity index (χ3v) is 2.80. The van der Waals surface area contributed by atoms with Crippen LogP contribution >= 0.6 is 0 Å². The normalized spacial score (nSPS) is 11.8. The first-order valence-electron chi connectivity index (χ1n) is 7.03. The molecule has 0 aliphatic heterocycles. The first-order chi connectivity index (χ1) is 10.6. The first kappa shape index (κ1) is 18.1. The van der Waals surface area contributed by atoms with Crippen molar-refractivity contribution < 1.29 is 23.4 Å². The van der Waals surface area contributed by atoms with Gasteiger partial charge in [-0.1, -0.05) is 6.08 Å².